The van der Waals surface area contributed by atoms with Gasteiger partial charge in [-0.25, -0.2) is 13.6 Å². The summed E-state index contributed by atoms with van der Waals surface area (Å²) in [6, 6.07) is 11.6. The number of Topliss-reactive ketones (excluding diaryl/α,β-unsaturated/α-hetero) is 1. The van der Waals surface area contributed by atoms with Gasteiger partial charge in [0.2, 0.25) is 15.9 Å². The molecule has 0 saturated carbocycles. The van der Waals surface area contributed by atoms with Crippen LogP contribution in [0.2, 0.25) is 0 Å². The number of benzene rings is 2. The molecule has 0 aromatic heterocycles. The summed E-state index contributed by atoms with van der Waals surface area (Å²) in [7, 11) is -3.86. The maximum atomic E-state index is 12.1. The summed E-state index contributed by atoms with van der Waals surface area (Å²) in [5, 5.41) is 7.73. The van der Waals surface area contributed by atoms with Gasteiger partial charge in [0.15, 0.2) is 5.78 Å². The molecule has 0 spiro atoms. The summed E-state index contributed by atoms with van der Waals surface area (Å²) in [6.07, 6.45) is 0.0775. The number of amides is 1. The number of sulfonamides is 1. The molecule has 0 aliphatic carbocycles. The number of ketones is 1. The van der Waals surface area contributed by atoms with Crippen LogP contribution in [0.25, 0.3) is 0 Å². The number of hydrogen-bond donors (Lipinski definition) is 2. The minimum Gasteiger partial charge on any atom is -0.326 e. The minimum atomic E-state index is -3.86. The number of rotatable bonds is 6. The Kier molecular flexibility index (Phi) is 5.71. The van der Waals surface area contributed by atoms with E-state index in [0.29, 0.717) is 16.8 Å². The quantitative estimate of drug-likeness (QED) is 0.772. The zero-order valence-electron chi connectivity index (χ0n) is 14.1. The van der Waals surface area contributed by atoms with E-state index in [9.17, 15) is 18.0 Å². The maximum absolute atomic E-state index is 12.1. The third-order valence-corrected chi connectivity index (χ3v) is 4.78. The number of primary sulfonamides is 1. The molecule has 2 aromatic rings. The van der Waals surface area contributed by atoms with Gasteiger partial charge in [-0.15, -0.1) is 0 Å². The average Bonchev–Trinajstić information content (AvgIpc) is 2.54. The summed E-state index contributed by atoms with van der Waals surface area (Å²) in [6.45, 7) is 3.55. The van der Waals surface area contributed by atoms with E-state index in [2.05, 4.69) is 5.32 Å². The van der Waals surface area contributed by atoms with Gasteiger partial charge < -0.3 is 5.32 Å². The Morgan fingerprint density at radius 2 is 1.64 bits per heavy atom. The monoisotopic (exact) mass is 360 g/mol. The molecule has 7 heteroatoms. The van der Waals surface area contributed by atoms with Gasteiger partial charge >= 0.3 is 0 Å². The first-order valence-electron chi connectivity index (χ1n) is 7.70. The second-order valence-electron chi connectivity index (χ2n) is 5.86. The lowest BCUT2D eigenvalue weighted by Crippen LogP contribution is -2.16. The highest BCUT2D eigenvalue weighted by Gasteiger charge is 2.14. The van der Waals surface area contributed by atoms with Crippen LogP contribution in [0.3, 0.4) is 0 Å². The molecule has 1 amide bonds. The molecular weight excluding hydrogens is 340 g/mol. The molecule has 0 aliphatic rings. The molecule has 0 fully saturated rings. The lowest BCUT2D eigenvalue weighted by Gasteiger charge is -2.09. The van der Waals surface area contributed by atoms with Gasteiger partial charge in [0, 0.05) is 24.1 Å². The molecule has 3 N–H and O–H groups in total. The van der Waals surface area contributed by atoms with Crippen LogP contribution in [-0.2, 0) is 14.8 Å². The zero-order valence-corrected chi connectivity index (χ0v) is 14.9. The van der Waals surface area contributed by atoms with Crippen molar-refractivity contribution in [3.63, 3.8) is 0 Å². The van der Waals surface area contributed by atoms with Crippen molar-refractivity contribution in [2.24, 2.45) is 5.14 Å². The Hall–Kier alpha value is -2.51. The fourth-order valence-electron chi connectivity index (χ4n) is 2.32. The molecule has 132 valence electrons. The van der Waals surface area contributed by atoms with Gasteiger partial charge in [-0.2, -0.15) is 0 Å². The van der Waals surface area contributed by atoms with Crippen molar-refractivity contribution in [3.8, 4) is 0 Å². The van der Waals surface area contributed by atoms with Crippen molar-refractivity contribution >= 4 is 27.4 Å². The van der Waals surface area contributed by atoms with Crippen LogP contribution >= 0.6 is 0 Å². The van der Waals surface area contributed by atoms with Gasteiger partial charge in [-0.3, -0.25) is 9.59 Å². The van der Waals surface area contributed by atoms with Crippen LogP contribution in [0.5, 0.6) is 0 Å². The molecule has 0 radical (unpaired) electrons. The first-order chi connectivity index (χ1) is 11.7. The van der Waals surface area contributed by atoms with E-state index in [1.165, 1.54) is 6.07 Å². The first-order valence-corrected chi connectivity index (χ1v) is 9.24. The Morgan fingerprint density at radius 3 is 2.24 bits per heavy atom. The van der Waals surface area contributed by atoms with Crippen molar-refractivity contribution in [3.05, 3.63) is 59.2 Å². The summed E-state index contributed by atoms with van der Waals surface area (Å²) in [4.78, 5) is 24.0. The van der Waals surface area contributed by atoms with Crippen LogP contribution in [0.1, 0.15) is 34.3 Å². The summed E-state index contributed by atoms with van der Waals surface area (Å²) in [5.41, 5.74) is 2.43. The van der Waals surface area contributed by atoms with E-state index in [1.54, 1.807) is 31.2 Å². The highest BCUT2D eigenvalue weighted by Crippen LogP contribution is 2.19. The van der Waals surface area contributed by atoms with Crippen LogP contribution in [-0.4, -0.2) is 20.1 Å². The molecule has 0 bridgehead atoms. The zero-order chi connectivity index (χ0) is 18.6. The Labute approximate surface area is 147 Å². The van der Waals surface area contributed by atoms with Gasteiger partial charge in [0.1, 0.15) is 0 Å². The molecule has 0 heterocycles. The SMILES string of the molecule is Cc1ccc(C(=O)CCC(=O)Nc2ccc(C)c(S(N)(=O)=O)c2)cc1. The Morgan fingerprint density at radius 1 is 1.00 bits per heavy atom. The van der Waals surface area contributed by atoms with Crippen molar-refractivity contribution in [1.29, 1.82) is 0 Å². The van der Waals surface area contributed by atoms with Crippen molar-refractivity contribution in [2.45, 2.75) is 31.6 Å². The van der Waals surface area contributed by atoms with E-state index in [0.717, 1.165) is 5.56 Å². The number of hydrogen-bond acceptors (Lipinski definition) is 4. The maximum Gasteiger partial charge on any atom is 0.238 e. The number of anilines is 1. The molecule has 6 nitrogen and oxygen atoms in total. The number of carbonyl (C=O) groups is 2. The van der Waals surface area contributed by atoms with Crippen LogP contribution in [0.15, 0.2) is 47.4 Å². The summed E-state index contributed by atoms with van der Waals surface area (Å²) in [5.74, 6) is -0.492. The molecule has 0 unspecified atom stereocenters. The van der Waals surface area contributed by atoms with Crippen molar-refractivity contribution in [1.82, 2.24) is 0 Å². The number of aryl methyl sites for hydroxylation is 2. The molecule has 0 aliphatic heterocycles. The summed E-state index contributed by atoms with van der Waals surface area (Å²) < 4.78 is 23.0. The van der Waals surface area contributed by atoms with E-state index in [-0.39, 0.29) is 29.4 Å². The van der Waals surface area contributed by atoms with Gasteiger partial charge in [0.25, 0.3) is 0 Å². The lowest BCUT2D eigenvalue weighted by atomic mass is 10.0. The molecule has 2 aromatic carbocycles. The Balaban J connectivity index is 1.99. The van der Waals surface area contributed by atoms with E-state index < -0.39 is 10.0 Å². The lowest BCUT2D eigenvalue weighted by molar-refractivity contribution is -0.116. The van der Waals surface area contributed by atoms with E-state index >= 15 is 0 Å². The second-order valence-corrected chi connectivity index (χ2v) is 7.39. The van der Waals surface area contributed by atoms with Gasteiger partial charge in [-0.1, -0.05) is 35.9 Å². The van der Waals surface area contributed by atoms with Crippen molar-refractivity contribution < 1.29 is 18.0 Å². The van der Waals surface area contributed by atoms with E-state index in [4.69, 9.17) is 5.14 Å². The number of nitrogens with two attached hydrogens (primary N) is 1. The highest BCUT2D eigenvalue weighted by molar-refractivity contribution is 7.89. The molecule has 25 heavy (non-hydrogen) atoms. The van der Waals surface area contributed by atoms with Crippen LogP contribution in [0, 0.1) is 13.8 Å². The van der Waals surface area contributed by atoms with E-state index in [1.807, 2.05) is 19.1 Å². The third kappa shape index (κ3) is 5.23. The first kappa shape index (κ1) is 18.8. The topological polar surface area (TPSA) is 106 Å². The Bertz CT molecular complexity index is 903. The number of nitrogens with one attached hydrogen (secondary N) is 1. The predicted molar refractivity (Wildman–Crippen MR) is 95.9 cm³/mol. The smallest absolute Gasteiger partial charge is 0.238 e. The normalized spacial score (nSPS) is 11.2. The predicted octanol–water partition coefficient (Wildman–Crippen LogP) is 2.55. The standard InChI is InChI=1S/C18H20N2O4S/c1-12-3-6-14(7-4-12)16(21)9-10-18(22)20-15-8-5-13(2)17(11-15)25(19,23)24/h3-8,11H,9-10H2,1-2H3,(H,20,22)(H2,19,23,24). The largest absolute Gasteiger partial charge is 0.326 e. The van der Waals surface area contributed by atoms with Gasteiger partial charge in [0.05, 0.1) is 4.90 Å². The van der Waals surface area contributed by atoms with Crippen LogP contribution in [0.4, 0.5) is 5.69 Å². The molecule has 0 saturated heterocycles. The summed E-state index contributed by atoms with van der Waals surface area (Å²) >= 11 is 0. The second kappa shape index (κ2) is 7.58. The van der Waals surface area contributed by atoms with Crippen LogP contribution < -0.4 is 10.5 Å². The minimum absolute atomic E-state index is 0.00525. The van der Waals surface area contributed by atoms with Gasteiger partial charge in [-0.05, 0) is 31.5 Å². The number of carbonyl (C=O) groups excluding carboxylic acids is 2. The molecule has 2 rings (SSSR count). The fourth-order valence-corrected chi connectivity index (χ4v) is 3.13. The average molecular weight is 360 g/mol. The van der Waals surface area contributed by atoms with Crippen molar-refractivity contribution in [2.75, 3.05) is 5.32 Å². The molecule has 0 atom stereocenters. The molecular formula is C18H20N2O4S. The fraction of sp³-hybridized carbons (Fsp3) is 0.222. The third-order valence-electron chi connectivity index (χ3n) is 3.73. The highest BCUT2D eigenvalue weighted by atomic mass is 32.2.